The standard InChI is InChI=1S/C4H4Br2O/c5-3-4(6)1-2-7/h2-3H,1H2/b4-3-. The molecule has 7 heavy (non-hydrogen) atoms. The molecule has 0 aromatic carbocycles. The van der Waals surface area contributed by atoms with Gasteiger partial charge in [0.05, 0.1) is 0 Å². The molecule has 40 valence electrons. The minimum Gasteiger partial charge on any atom is -0.303 e. The van der Waals surface area contributed by atoms with E-state index < -0.39 is 0 Å². The molecule has 0 aromatic heterocycles. The molecule has 0 saturated carbocycles. The Bertz CT molecular complexity index is 87.7. The Morgan fingerprint density at radius 1 is 1.71 bits per heavy atom. The van der Waals surface area contributed by atoms with Crippen molar-refractivity contribution in [1.29, 1.82) is 0 Å². The third-order valence-electron chi connectivity index (χ3n) is 0.397. The number of halogens is 2. The number of aldehydes is 1. The predicted molar refractivity (Wildman–Crippen MR) is 36.6 cm³/mol. The second-order valence-electron chi connectivity index (χ2n) is 0.927. The highest BCUT2D eigenvalue weighted by molar-refractivity contribution is 9.14. The second-order valence-corrected chi connectivity index (χ2v) is 2.40. The lowest BCUT2D eigenvalue weighted by Gasteiger charge is -1.80. The van der Waals surface area contributed by atoms with Crippen molar-refractivity contribution in [1.82, 2.24) is 0 Å². The summed E-state index contributed by atoms with van der Waals surface area (Å²) in [5.41, 5.74) is 0. The van der Waals surface area contributed by atoms with Gasteiger partial charge in [-0.3, -0.25) is 0 Å². The summed E-state index contributed by atoms with van der Waals surface area (Å²) < 4.78 is 0.863. The SMILES string of the molecule is O=CC/C(Br)=C/Br. The van der Waals surface area contributed by atoms with Crippen LogP contribution >= 0.6 is 31.9 Å². The smallest absolute Gasteiger partial charge is 0.124 e. The third kappa shape index (κ3) is 4.22. The first-order valence-corrected chi connectivity index (χ1v) is 3.40. The molecule has 0 amide bonds. The van der Waals surface area contributed by atoms with E-state index >= 15 is 0 Å². The molecule has 0 rings (SSSR count). The maximum absolute atomic E-state index is 9.68. The first-order valence-electron chi connectivity index (χ1n) is 1.69. The molecule has 0 heterocycles. The van der Waals surface area contributed by atoms with Crippen LogP contribution in [0.5, 0.6) is 0 Å². The summed E-state index contributed by atoms with van der Waals surface area (Å²) >= 11 is 6.17. The van der Waals surface area contributed by atoms with Crippen LogP contribution in [0, 0.1) is 0 Å². The lowest BCUT2D eigenvalue weighted by Crippen LogP contribution is -1.69. The van der Waals surface area contributed by atoms with Crippen LogP contribution in [0.2, 0.25) is 0 Å². The largest absolute Gasteiger partial charge is 0.303 e. The molecule has 3 heteroatoms. The molecule has 0 aliphatic carbocycles. The van der Waals surface area contributed by atoms with Gasteiger partial charge < -0.3 is 4.79 Å². The van der Waals surface area contributed by atoms with Gasteiger partial charge in [0.25, 0.3) is 0 Å². The maximum atomic E-state index is 9.68. The molecule has 0 unspecified atom stereocenters. The minimum atomic E-state index is 0.450. The maximum Gasteiger partial charge on any atom is 0.124 e. The van der Waals surface area contributed by atoms with Gasteiger partial charge in [0, 0.05) is 10.9 Å². The van der Waals surface area contributed by atoms with Crippen LogP contribution in [0.3, 0.4) is 0 Å². The number of hydrogen-bond donors (Lipinski definition) is 0. The van der Waals surface area contributed by atoms with E-state index in [1.165, 1.54) is 0 Å². The summed E-state index contributed by atoms with van der Waals surface area (Å²) in [6.07, 6.45) is 1.28. The van der Waals surface area contributed by atoms with Crippen LogP contribution < -0.4 is 0 Å². The van der Waals surface area contributed by atoms with E-state index in [-0.39, 0.29) is 0 Å². The van der Waals surface area contributed by atoms with Crippen molar-refractivity contribution >= 4 is 38.1 Å². The fourth-order valence-corrected chi connectivity index (χ4v) is 0.443. The number of hydrogen-bond acceptors (Lipinski definition) is 1. The van der Waals surface area contributed by atoms with E-state index in [0.29, 0.717) is 6.42 Å². The summed E-state index contributed by atoms with van der Waals surface area (Å²) in [5.74, 6) is 0. The molecule has 0 atom stereocenters. The second kappa shape index (κ2) is 4.53. The number of carbonyl (C=O) groups is 1. The summed E-state index contributed by atoms with van der Waals surface area (Å²) in [6, 6.07) is 0. The Morgan fingerprint density at radius 2 is 2.29 bits per heavy atom. The molecular formula is C4H4Br2O. The fraction of sp³-hybridized carbons (Fsp3) is 0.250. The fourth-order valence-electron chi connectivity index (χ4n) is 0.124. The number of carbonyl (C=O) groups excluding carboxylic acids is 1. The highest BCUT2D eigenvalue weighted by atomic mass is 79.9. The Hall–Kier alpha value is 0.370. The predicted octanol–water partition coefficient (Wildman–Crippen LogP) is 2.21. The minimum absolute atomic E-state index is 0.450. The normalized spacial score (nSPS) is 11.4. The molecule has 0 spiro atoms. The van der Waals surface area contributed by atoms with Crippen LogP contribution in [0.4, 0.5) is 0 Å². The summed E-state index contributed by atoms with van der Waals surface area (Å²) in [6.45, 7) is 0. The lowest BCUT2D eigenvalue weighted by molar-refractivity contribution is -0.107. The van der Waals surface area contributed by atoms with Gasteiger partial charge in [-0.25, -0.2) is 0 Å². The zero-order valence-corrected chi connectivity index (χ0v) is 6.70. The van der Waals surface area contributed by atoms with Gasteiger partial charge in [-0.1, -0.05) is 31.9 Å². The molecule has 0 bridgehead atoms. The molecule has 0 N–H and O–H groups in total. The first-order chi connectivity index (χ1) is 3.31. The van der Waals surface area contributed by atoms with Crippen molar-refractivity contribution in [2.24, 2.45) is 0 Å². The zero-order valence-electron chi connectivity index (χ0n) is 3.53. The molecule has 0 radical (unpaired) electrons. The number of allylic oxidation sites excluding steroid dienone is 1. The van der Waals surface area contributed by atoms with Crippen molar-refractivity contribution in [2.45, 2.75) is 6.42 Å². The van der Waals surface area contributed by atoms with Gasteiger partial charge >= 0.3 is 0 Å². The van der Waals surface area contributed by atoms with Crippen LogP contribution in [0.1, 0.15) is 6.42 Å². The van der Waals surface area contributed by atoms with Crippen molar-refractivity contribution in [3.8, 4) is 0 Å². The van der Waals surface area contributed by atoms with Gasteiger partial charge in [-0.2, -0.15) is 0 Å². The van der Waals surface area contributed by atoms with Crippen LogP contribution in [0.25, 0.3) is 0 Å². The molecule has 0 aliphatic rings. The van der Waals surface area contributed by atoms with Gasteiger partial charge in [0.1, 0.15) is 6.29 Å². The summed E-state index contributed by atoms with van der Waals surface area (Å²) in [7, 11) is 0. The van der Waals surface area contributed by atoms with Gasteiger partial charge in [-0.15, -0.1) is 0 Å². The van der Waals surface area contributed by atoms with E-state index in [2.05, 4.69) is 31.9 Å². The lowest BCUT2D eigenvalue weighted by atomic mass is 10.5. The van der Waals surface area contributed by atoms with Crippen molar-refractivity contribution in [2.75, 3.05) is 0 Å². The van der Waals surface area contributed by atoms with Gasteiger partial charge in [-0.05, 0) is 4.99 Å². The van der Waals surface area contributed by atoms with Crippen molar-refractivity contribution < 1.29 is 4.79 Å². The van der Waals surface area contributed by atoms with E-state index in [1.54, 1.807) is 4.99 Å². The Kier molecular flexibility index (Phi) is 4.77. The summed E-state index contributed by atoms with van der Waals surface area (Å²) in [5, 5.41) is 0. The summed E-state index contributed by atoms with van der Waals surface area (Å²) in [4.78, 5) is 11.4. The monoisotopic (exact) mass is 226 g/mol. The van der Waals surface area contributed by atoms with E-state index in [0.717, 1.165) is 10.8 Å². The molecule has 0 saturated heterocycles. The van der Waals surface area contributed by atoms with E-state index in [4.69, 9.17) is 0 Å². The van der Waals surface area contributed by atoms with E-state index in [9.17, 15) is 4.79 Å². The van der Waals surface area contributed by atoms with Gasteiger partial charge in [0.2, 0.25) is 0 Å². The Labute approximate surface area is 59.0 Å². The average molecular weight is 228 g/mol. The molecular weight excluding hydrogens is 224 g/mol. The molecule has 0 aromatic rings. The third-order valence-corrected chi connectivity index (χ3v) is 2.12. The Balaban J connectivity index is 3.36. The zero-order chi connectivity index (χ0) is 5.70. The Morgan fingerprint density at radius 3 is 2.43 bits per heavy atom. The van der Waals surface area contributed by atoms with E-state index in [1.807, 2.05) is 0 Å². The van der Waals surface area contributed by atoms with Crippen LogP contribution in [-0.4, -0.2) is 6.29 Å². The van der Waals surface area contributed by atoms with Crippen LogP contribution in [-0.2, 0) is 4.79 Å². The number of rotatable bonds is 2. The highest BCUT2D eigenvalue weighted by Gasteiger charge is 1.83. The first kappa shape index (κ1) is 7.37. The average Bonchev–Trinajstić information content (AvgIpc) is 1.68. The quantitative estimate of drug-likeness (QED) is 0.662. The topological polar surface area (TPSA) is 17.1 Å². The van der Waals surface area contributed by atoms with Crippen molar-refractivity contribution in [3.05, 3.63) is 9.47 Å². The van der Waals surface area contributed by atoms with Crippen LogP contribution in [0.15, 0.2) is 9.47 Å². The molecule has 0 fully saturated rings. The van der Waals surface area contributed by atoms with Crippen molar-refractivity contribution in [3.63, 3.8) is 0 Å². The highest BCUT2D eigenvalue weighted by Crippen LogP contribution is 2.09. The van der Waals surface area contributed by atoms with Gasteiger partial charge in [0.15, 0.2) is 0 Å². The molecule has 0 aliphatic heterocycles. The molecule has 1 nitrogen and oxygen atoms in total.